The zero-order valence-electron chi connectivity index (χ0n) is 10.8. The second-order valence-corrected chi connectivity index (χ2v) is 7.37. The molecule has 6 heteroatoms. The summed E-state index contributed by atoms with van der Waals surface area (Å²) in [6.07, 6.45) is 3.18. The van der Waals surface area contributed by atoms with E-state index in [-0.39, 0.29) is 5.41 Å². The van der Waals surface area contributed by atoms with E-state index in [4.69, 9.17) is 4.52 Å². The molecule has 102 valence electrons. The minimum absolute atomic E-state index is 0.0605. The van der Waals surface area contributed by atoms with Crippen molar-refractivity contribution in [2.45, 2.75) is 31.6 Å². The molecule has 2 aromatic heterocycles. The molecule has 0 aliphatic carbocycles. The monoisotopic (exact) mass is 341 g/mol. The maximum atomic E-state index is 5.56. The number of piperidine rings is 1. The Morgan fingerprint density at radius 1 is 1.42 bits per heavy atom. The van der Waals surface area contributed by atoms with Crippen molar-refractivity contribution >= 4 is 27.3 Å². The molecule has 0 aromatic carbocycles. The summed E-state index contributed by atoms with van der Waals surface area (Å²) in [6.45, 7) is 4.25. The third-order valence-electron chi connectivity index (χ3n) is 3.91. The Bertz CT molecular complexity index is 560. The summed E-state index contributed by atoms with van der Waals surface area (Å²) in [7, 11) is 0. The third-order valence-corrected chi connectivity index (χ3v) is 5.53. The number of rotatable bonds is 3. The van der Waals surface area contributed by atoms with Crippen LogP contribution in [0.2, 0.25) is 0 Å². The van der Waals surface area contributed by atoms with E-state index in [1.807, 2.05) is 12.1 Å². The van der Waals surface area contributed by atoms with Gasteiger partial charge in [-0.15, -0.1) is 11.3 Å². The van der Waals surface area contributed by atoms with E-state index in [2.05, 4.69) is 38.3 Å². The molecule has 2 aromatic rings. The van der Waals surface area contributed by atoms with Gasteiger partial charge in [0, 0.05) is 0 Å². The van der Waals surface area contributed by atoms with Crippen LogP contribution in [0.1, 0.15) is 32.1 Å². The molecule has 1 fully saturated rings. The maximum Gasteiger partial charge on any atom is 0.233 e. The molecule has 4 nitrogen and oxygen atoms in total. The first-order valence-corrected chi connectivity index (χ1v) is 8.15. The topological polar surface area (TPSA) is 51.0 Å². The summed E-state index contributed by atoms with van der Waals surface area (Å²) in [5.41, 5.74) is 0.0605. The van der Waals surface area contributed by atoms with Crippen LogP contribution in [0.5, 0.6) is 0 Å². The first-order valence-electron chi connectivity index (χ1n) is 6.54. The third kappa shape index (κ3) is 2.49. The molecule has 0 amide bonds. The lowest BCUT2D eigenvalue weighted by Gasteiger charge is -2.33. The minimum atomic E-state index is 0.0605. The second-order valence-electron chi connectivity index (χ2n) is 4.91. The lowest BCUT2D eigenvalue weighted by Crippen LogP contribution is -2.39. The van der Waals surface area contributed by atoms with Crippen molar-refractivity contribution in [3.63, 3.8) is 0 Å². The van der Waals surface area contributed by atoms with Gasteiger partial charge in [0.2, 0.25) is 11.7 Å². The number of hydrogen-bond donors (Lipinski definition) is 1. The normalized spacial score (nSPS) is 18.6. The van der Waals surface area contributed by atoms with Gasteiger partial charge >= 0.3 is 0 Å². The highest BCUT2D eigenvalue weighted by atomic mass is 79.9. The van der Waals surface area contributed by atoms with Crippen molar-refractivity contribution in [3.8, 4) is 10.7 Å². The molecule has 19 heavy (non-hydrogen) atoms. The summed E-state index contributed by atoms with van der Waals surface area (Å²) in [6, 6.07) is 4.03. The zero-order chi connectivity index (χ0) is 13.3. The van der Waals surface area contributed by atoms with Gasteiger partial charge in [-0.05, 0) is 60.4 Å². The Kier molecular flexibility index (Phi) is 3.73. The first kappa shape index (κ1) is 13.3. The van der Waals surface area contributed by atoms with Crippen molar-refractivity contribution in [1.82, 2.24) is 15.5 Å². The molecule has 3 heterocycles. The number of nitrogens with one attached hydrogen (secondary N) is 1. The summed E-state index contributed by atoms with van der Waals surface area (Å²) in [5.74, 6) is 1.51. The van der Waals surface area contributed by atoms with Crippen molar-refractivity contribution in [1.29, 1.82) is 0 Å². The number of halogens is 1. The molecule has 1 aliphatic rings. The Balaban J connectivity index is 1.91. The molecule has 1 saturated heterocycles. The summed E-state index contributed by atoms with van der Waals surface area (Å²) >= 11 is 5.09. The highest BCUT2D eigenvalue weighted by Crippen LogP contribution is 2.37. The molecule has 0 spiro atoms. The van der Waals surface area contributed by atoms with Gasteiger partial charge in [0.25, 0.3) is 0 Å². The number of nitrogens with zero attached hydrogens (tertiary/aromatic N) is 2. The molecule has 3 rings (SSSR count). The van der Waals surface area contributed by atoms with Crippen LogP contribution < -0.4 is 5.32 Å². The van der Waals surface area contributed by atoms with E-state index >= 15 is 0 Å². The number of aromatic nitrogens is 2. The molecule has 0 radical (unpaired) electrons. The summed E-state index contributed by atoms with van der Waals surface area (Å²) in [4.78, 5) is 5.69. The molecular weight excluding hydrogens is 326 g/mol. The Morgan fingerprint density at radius 2 is 2.21 bits per heavy atom. The van der Waals surface area contributed by atoms with Crippen LogP contribution in [0.3, 0.4) is 0 Å². The number of thiophene rings is 1. The highest BCUT2D eigenvalue weighted by molar-refractivity contribution is 9.11. The van der Waals surface area contributed by atoms with Crippen LogP contribution in [-0.2, 0) is 5.41 Å². The van der Waals surface area contributed by atoms with Crippen LogP contribution >= 0.6 is 27.3 Å². The predicted molar refractivity (Wildman–Crippen MR) is 79.4 cm³/mol. The fraction of sp³-hybridized carbons (Fsp3) is 0.538. The van der Waals surface area contributed by atoms with Gasteiger partial charge in [0.05, 0.1) is 14.1 Å². The fourth-order valence-corrected chi connectivity index (χ4v) is 3.91. The van der Waals surface area contributed by atoms with Crippen molar-refractivity contribution in [2.75, 3.05) is 13.1 Å². The van der Waals surface area contributed by atoms with Crippen molar-refractivity contribution in [2.24, 2.45) is 0 Å². The van der Waals surface area contributed by atoms with Crippen molar-refractivity contribution in [3.05, 3.63) is 21.8 Å². The van der Waals surface area contributed by atoms with Gasteiger partial charge in [-0.1, -0.05) is 12.1 Å². The average molecular weight is 342 g/mol. The Morgan fingerprint density at radius 3 is 2.84 bits per heavy atom. The van der Waals surface area contributed by atoms with Gasteiger partial charge in [-0.3, -0.25) is 0 Å². The first-order chi connectivity index (χ1) is 9.23. The van der Waals surface area contributed by atoms with Crippen LogP contribution in [0.25, 0.3) is 10.7 Å². The van der Waals surface area contributed by atoms with E-state index in [0.29, 0.717) is 5.82 Å². The maximum absolute atomic E-state index is 5.56. The molecule has 1 aliphatic heterocycles. The average Bonchev–Trinajstić information content (AvgIpc) is 3.08. The zero-order valence-corrected chi connectivity index (χ0v) is 13.2. The smallest absolute Gasteiger partial charge is 0.233 e. The quantitative estimate of drug-likeness (QED) is 0.926. The molecule has 0 atom stereocenters. The van der Waals surface area contributed by atoms with E-state index < -0.39 is 0 Å². The van der Waals surface area contributed by atoms with Gasteiger partial charge in [-0.25, -0.2) is 0 Å². The molecule has 1 N–H and O–H groups in total. The van der Waals surface area contributed by atoms with E-state index in [1.165, 1.54) is 0 Å². The van der Waals surface area contributed by atoms with E-state index in [1.54, 1.807) is 11.3 Å². The van der Waals surface area contributed by atoms with Crippen LogP contribution in [0.15, 0.2) is 20.4 Å². The molecule has 0 bridgehead atoms. The van der Waals surface area contributed by atoms with E-state index in [9.17, 15) is 0 Å². The predicted octanol–water partition coefficient (Wildman–Crippen LogP) is 3.59. The van der Waals surface area contributed by atoms with Crippen LogP contribution in [0, 0.1) is 0 Å². The largest absolute Gasteiger partial charge is 0.338 e. The molecule has 0 saturated carbocycles. The summed E-state index contributed by atoms with van der Waals surface area (Å²) in [5, 5.41) is 7.54. The summed E-state index contributed by atoms with van der Waals surface area (Å²) < 4.78 is 6.65. The lowest BCUT2D eigenvalue weighted by atomic mass is 9.76. The van der Waals surface area contributed by atoms with Crippen LogP contribution in [-0.4, -0.2) is 23.2 Å². The Hall–Kier alpha value is -0.720. The number of hydrogen-bond acceptors (Lipinski definition) is 5. The van der Waals surface area contributed by atoms with Gasteiger partial charge in [0.15, 0.2) is 0 Å². The highest BCUT2D eigenvalue weighted by Gasteiger charge is 2.37. The molecule has 0 unspecified atom stereocenters. The fourth-order valence-electron chi connectivity index (χ4n) is 2.60. The van der Waals surface area contributed by atoms with Gasteiger partial charge < -0.3 is 9.84 Å². The second kappa shape index (κ2) is 5.34. The van der Waals surface area contributed by atoms with Gasteiger partial charge in [-0.2, -0.15) is 4.98 Å². The SMILES string of the molecule is CCC1(c2nc(-c3ccc(Br)s3)no2)CCNCC1. The lowest BCUT2D eigenvalue weighted by molar-refractivity contribution is 0.216. The van der Waals surface area contributed by atoms with Gasteiger partial charge in [0.1, 0.15) is 0 Å². The standard InChI is InChI=1S/C13H16BrN3OS/c1-2-13(5-7-15-8-6-13)12-16-11(17-18-12)9-3-4-10(14)19-9/h3-4,15H,2,5-8H2,1H3. The Labute approximate surface area is 124 Å². The van der Waals surface area contributed by atoms with Crippen LogP contribution in [0.4, 0.5) is 0 Å². The van der Waals surface area contributed by atoms with Crippen molar-refractivity contribution < 1.29 is 4.52 Å². The molecular formula is C13H16BrN3OS. The minimum Gasteiger partial charge on any atom is -0.338 e. The van der Waals surface area contributed by atoms with E-state index in [0.717, 1.165) is 46.9 Å².